The van der Waals surface area contributed by atoms with Crippen LogP contribution in [0.2, 0.25) is 0 Å². The lowest BCUT2D eigenvalue weighted by atomic mass is 9.81. The molecule has 1 fully saturated rings. The summed E-state index contributed by atoms with van der Waals surface area (Å²) in [6, 6.07) is 9.14. The number of piperidine rings is 1. The fourth-order valence-corrected chi connectivity index (χ4v) is 5.29. The summed E-state index contributed by atoms with van der Waals surface area (Å²) in [6.07, 6.45) is 1.90. The van der Waals surface area contributed by atoms with E-state index in [0.29, 0.717) is 38.1 Å². The Balaban J connectivity index is 1.98. The van der Waals surface area contributed by atoms with Gasteiger partial charge in [-0.05, 0) is 49.1 Å². The Labute approximate surface area is 237 Å². The normalized spacial score (nSPS) is 17.7. The van der Waals surface area contributed by atoms with Gasteiger partial charge in [0.2, 0.25) is 0 Å². The first-order chi connectivity index (χ1) is 18.9. The highest BCUT2D eigenvalue weighted by Gasteiger charge is 2.40. The van der Waals surface area contributed by atoms with Gasteiger partial charge in [0.1, 0.15) is 5.78 Å². The zero-order valence-electron chi connectivity index (χ0n) is 24.8. The predicted molar refractivity (Wildman–Crippen MR) is 153 cm³/mol. The lowest BCUT2D eigenvalue weighted by molar-refractivity contribution is -0.126. The molecule has 0 bridgehead atoms. The van der Waals surface area contributed by atoms with Crippen LogP contribution in [-0.2, 0) is 16.0 Å². The highest BCUT2D eigenvalue weighted by atomic mass is 16.5. The summed E-state index contributed by atoms with van der Waals surface area (Å²) in [5.41, 5.74) is 1.59. The first-order valence-corrected chi connectivity index (χ1v) is 14.2. The van der Waals surface area contributed by atoms with Crippen LogP contribution in [0.15, 0.2) is 30.3 Å². The molecular formula is C30H45N5O5. The number of carbonyl (C=O) groups excluding carboxylic acids is 2. The van der Waals surface area contributed by atoms with Gasteiger partial charge in [-0.2, -0.15) is 0 Å². The highest BCUT2D eigenvalue weighted by molar-refractivity contribution is 5.94. The van der Waals surface area contributed by atoms with Gasteiger partial charge in [0.15, 0.2) is 5.69 Å². The molecule has 2 amide bonds. The van der Waals surface area contributed by atoms with E-state index in [0.717, 1.165) is 18.5 Å². The molecule has 2 heterocycles. The fraction of sp³-hybridized carbons (Fsp3) is 0.633. The number of ketones is 1. The van der Waals surface area contributed by atoms with Gasteiger partial charge in [-0.1, -0.05) is 58.0 Å². The second-order valence-electron chi connectivity index (χ2n) is 12.4. The predicted octanol–water partition coefficient (Wildman–Crippen LogP) is 4.71. The zero-order chi connectivity index (χ0) is 29.4. The van der Waals surface area contributed by atoms with Crippen molar-refractivity contribution in [2.75, 3.05) is 33.4 Å². The number of methoxy groups -OCH3 is 1. The van der Waals surface area contributed by atoms with Crippen molar-refractivity contribution in [1.82, 2.24) is 24.8 Å². The van der Waals surface area contributed by atoms with E-state index in [4.69, 9.17) is 4.74 Å². The van der Waals surface area contributed by atoms with Gasteiger partial charge >= 0.3 is 6.09 Å². The van der Waals surface area contributed by atoms with Crippen molar-refractivity contribution in [3.63, 3.8) is 0 Å². The molecule has 220 valence electrons. The molecule has 0 spiro atoms. The summed E-state index contributed by atoms with van der Waals surface area (Å²) in [6.45, 7) is 11.4. The minimum Gasteiger partial charge on any atom is -0.465 e. The maximum Gasteiger partial charge on any atom is 0.407 e. The van der Waals surface area contributed by atoms with Gasteiger partial charge in [0, 0.05) is 45.7 Å². The van der Waals surface area contributed by atoms with Gasteiger partial charge < -0.3 is 19.6 Å². The molecule has 1 N–H and O–H groups in total. The molecule has 40 heavy (non-hydrogen) atoms. The monoisotopic (exact) mass is 555 g/mol. The van der Waals surface area contributed by atoms with Crippen molar-refractivity contribution in [1.29, 1.82) is 0 Å². The second-order valence-corrected chi connectivity index (χ2v) is 12.4. The number of hydrogen-bond donors (Lipinski definition) is 1. The summed E-state index contributed by atoms with van der Waals surface area (Å²) < 4.78 is 6.93. The van der Waals surface area contributed by atoms with Crippen molar-refractivity contribution in [2.45, 2.75) is 72.8 Å². The van der Waals surface area contributed by atoms with Crippen molar-refractivity contribution in [2.24, 2.45) is 17.3 Å². The number of unbranched alkanes of at least 4 members (excludes halogenated alkanes) is 1. The smallest absolute Gasteiger partial charge is 0.407 e. The van der Waals surface area contributed by atoms with E-state index in [1.54, 1.807) is 16.7 Å². The van der Waals surface area contributed by atoms with Crippen LogP contribution in [0.25, 0.3) is 5.69 Å². The number of para-hydroxylation sites is 1. The number of benzene rings is 1. The Morgan fingerprint density at radius 1 is 1.12 bits per heavy atom. The van der Waals surface area contributed by atoms with Crippen LogP contribution in [-0.4, -0.2) is 87.1 Å². The summed E-state index contributed by atoms with van der Waals surface area (Å²) >= 11 is 0. The third-order valence-corrected chi connectivity index (χ3v) is 7.10. The number of Topliss-reactive ketones (excluding diaryl/α,β-unsaturated/α-hetero) is 1. The standard InChI is InChI=1S/C30H45N5O5/c1-21(2)18-34(24-16-22(19-33(20-24)29(38)39)26(36)17-30(3,4)5)28(37)27-25(14-10-11-15-40-6)35(32-31-27)23-12-8-7-9-13-23/h7-9,12-13,21-22,24H,10-11,14-20H2,1-6H3,(H,38,39)/t22-,24+/m1/s1. The quantitative estimate of drug-likeness (QED) is 0.377. The molecule has 1 saturated heterocycles. The lowest BCUT2D eigenvalue weighted by Crippen LogP contribution is -2.56. The van der Waals surface area contributed by atoms with Crippen LogP contribution in [0.4, 0.5) is 4.79 Å². The van der Waals surface area contributed by atoms with Gasteiger partial charge in [-0.25, -0.2) is 9.48 Å². The molecule has 3 rings (SSSR count). The van der Waals surface area contributed by atoms with Gasteiger partial charge in [-0.15, -0.1) is 5.10 Å². The van der Waals surface area contributed by atoms with Crippen LogP contribution >= 0.6 is 0 Å². The third kappa shape index (κ3) is 8.36. The molecule has 0 unspecified atom stereocenters. The average molecular weight is 556 g/mol. The first-order valence-electron chi connectivity index (χ1n) is 14.2. The number of carboxylic acid groups (broad SMARTS) is 1. The first kappa shape index (κ1) is 31.3. The fourth-order valence-electron chi connectivity index (χ4n) is 5.29. The van der Waals surface area contributed by atoms with E-state index < -0.39 is 18.1 Å². The molecule has 1 aromatic carbocycles. The van der Waals surface area contributed by atoms with E-state index >= 15 is 0 Å². The molecule has 0 saturated carbocycles. The molecule has 10 nitrogen and oxygen atoms in total. The molecule has 0 radical (unpaired) electrons. The minimum atomic E-state index is -1.08. The summed E-state index contributed by atoms with van der Waals surface area (Å²) in [7, 11) is 1.67. The van der Waals surface area contributed by atoms with Crippen molar-refractivity contribution >= 4 is 17.8 Å². The Bertz CT molecular complexity index is 1140. The van der Waals surface area contributed by atoms with Crippen LogP contribution in [0.3, 0.4) is 0 Å². The second kappa shape index (κ2) is 13.9. The SMILES string of the molecule is COCCCCc1c(C(=O)N(CC(C)C)[C@H]2C[C@@H](C(=O)CC(C)(C)C)CN(C(=O)O)C2)nnn1-c1ccccc1. The molecule has 1 aliphatic heterocycles. The van der Waals surface area contributed by atoms with Gasteiger partial charge in [0.05, 0.1) is 17.4 Å². The molecule has 0 aliphatic carbocycles. The molecule has 1 aliphatic rings. The zero-order valence-corrected chi connectivity index (χ0v) is 24.8. The van der Waals surface area contributed by atoms with E-state index in [1.807, 2.05) is 65.0 Å². The van der Waals surface area contributed by atoms with Gasteiger partial charge in [0.25, 0.3) is 5.91 Å². The minimum absolute atomic E-state index is 0.0363. The Morgan fingerprint density at radius 3 is 2.42 bits per heavy atom. The van der Waals surface area contributed by atoms with Crippen LogP contribution in [0.5, 0.6) is 0 Å². The summed E-state index contributed by atoms with van der Waals surface area (Å²) in [5, 5.41) is 18.6. The number of ether oxygens (including phenoxy) is 1. The maximum absolute atomic E-state index is 14.3. The Morgan fingerprint density at radius 2 is 1.82 bits per heavy atom. The van der Waals surface area contributed by atoms with E-state index in [2.05, 4.69) is 10.3 Å². The van der Waals surface area contributed by atoms with E-state index in [-0.39, 0.29) is 41.8 Å². The van der Waals surface area contributed by atoms with Crippen molar-refractivity contribution in [3.8, 4) is 5.69 Å². The van der Waals surface area contributed by atoms with Crippen molar-refractivity contribution in [3.05, 3.63) is 41.7 Å². The molecular weight excluding hydrogens is 510 g/mol. The number of amides is 2. The largest absolute Gasteiger partial charge is 0.465 e. The van der Waals surface area contributed by atoms with E-state index in [9.17, 15) is 19.5 Å². The number of carbonyl (C=O) groups is 3. The molecule has 2 atom stereocenters. The Hall–Kier alpha value is -3.27. The molecule has 2 aromatic rings. The third-order valence-electron chi connectivity index (χ3n) is 7.10. The molecule has 10 heteroatoms. The van der Waals surface area contributed by atoms with E-state index in [1.165, 1.54) is 4.90 Å². The maximum atomic E-state index is 14.3. The number of hydrogen-bond acceptors (Lipinski definition) is 6. The number of nitrogens with zero attached hydrogens (tertiary/aromatic N) is 5. The summed E-state index contributed by atoms with van der Waals surface area (Å²) in [5.74, 6) is -0.585. The average Bonchev–Trinajstić information content (AvgIpc) is 3.32. The lowest BCUT2D eigenvalue weighted by Gasteiger charge is -2.42. The summed E-state index contributed by atoms with van der Waals surface area (Å²) in [4.78, 5) is 42.6. The Kier molecular flexibility index (Phi) is 10.8. The number of aromatic nitrogens is 3. The van der Waals surface area contributed by atoms with Crippen LogP contribution < -0.4 is 0 Å². The van der Waals surface area contributed by atoms with Crippen molar-refractivity contribution < 1.29 is 24.2 Å². The highest BCUT2D eigenvalue weighted by Crippen LogP contribution is 2.29. The topological polar surface area (TPSA) is 118 Å². The molecule has 1 aromatic heterocycles. The number of rotatable bonds is 12. The van der Waals surface area contributed by atoms with Crippen LogP contribution in [0, 0.1) is 17.3 Å². The van der Waals surface area contributed by atoms with Gasteiger partial charge in [-0.3, -0.25) is 9.59 Å². The van der Waals surface area contributed by atoms with Crippen LogP contribution in [0.1, 0.15) is 76.5 Å². The number of likely N-dealkylation sites (tertiary alicyclic amines) is 1.